The van der Waals surface area contributed by atoms with Gasteiger partial charge in [0.25, 0.3) is 0 Å². The average Bonchev–Trinajstić information content (AvgIpc) is 2.52. The van der Waals surface area contributed by atoms with E-state index in [2.05, 4.69) is 9.97 Å². The van der Waals surface area contributed by atoms with Crippen LogP contribution in [-0.4, -0.2) is 21.1 Å². The molecule has 0 aliphatic rings. The van der Waals surface area contributed by atoms with Gasteiger partial charge in [0.2, 0.25) is 5.88 Å². The van der Waals surface area contributed by atoms with Crippen LogP contribution >= 0.6 is 12.3 Å². The molecule has 14 heavy (non-hydrogen) atoms. The Hall–Kier alpha value is -1.30. The van der Waals surface area contributed by atoms with Crippen molar-refractivity contribution in [3.8, 4) is 5.88 Å². The van der Waals surface area contributed by atoms with Crippen LogP contribution in [0.5, 0.6) is 5.88 Å². The zero-order valence-corrected chi connectivity index (χ0v) is 8.51. The number of aromatic nitrogens is 3. The van der Waals surface area contributed by atoms with Gasteiger partial charge in [0, 0.05) is 5.69 Å². The molecule has 0 bridgehead atoms. The molecule has 0 unspecified atom stereocenters. The molecule has 0 radical (unpaired) electrons. The van der Waals surface area contributed by atoms with E-state index in [1.54, 1.807) is 13.0 Å². The predicted molar refractivity (Wildman–Crippen MR) is 52.9 cm³/mol. The van der Waals surface area contributed by atoms with Crippen LogP contribution in [0.1, 0.15) is 5.69 Å². The number of ether oxygens (including phenoxy) is 1. The Kier molecular flexibility index (Phi) is 2.28. The second-order valence-corrected chi connectivity index (χ2v) is 3.27. The van der Waals surface area contributed by atoms with Crippen molar-refractivity contribution in [2.75, 3.05) is 7.11 Å². The number of nitrogens with zero attached hydrogens (tertiary/aromatic N) is 3. The summed E-state index contributed by atoms with van der Waals surface area (Å²) in [6.07, 6.45) is 1.40. The minimum atomic E-state index is 0.118. The molecule has 2 rings (SSSR count). The lowest BCUT2D eigenvalue weighted by atomic mass is 10.4. The summed E-state index contributed by atoms with van der Waals surface area (Å²) in [6.45, 7) is 1.80. The topological polar surface area (TPSA) is 39.9 Å². The fraction of sp³-hybridized carbons (Fsp3) is 0.250. The van der Waals surface area contributed by atoms with Crippen molar-refractivity contribution in [1.82, 2.24) is 13.9 Å². The van der Waals surface area contributed by atoms with Crippen molar-refractivity contribution in [3.63, 3.8) is 0 Å². The van der Waals surface area contributed by atoms with Crippen molar-refractivity contribution in [3.05, 3.63) is 18.1 Å². The first kappa shape index (κ1) is 9.26. The van der Waals surface area contributed by atoms with Crippen LogP contribution in [-0.2, 0) is 0 Å². The summed E-state index contributed by atoms with van der Waals surface area (Å²) in [4.78, 5) is 7.94. The normalized spacial score (nSPS) is 10.8. The maximum absolute atomic E-state index is 12.6. The molecule has 0 fully saturated rings. The Bertz CT molecular complexity index is 471. The van der Waals surface area contributed by atoms with Crippen molar-refractivity contribution in [1.29, 1.82) is 0 Å². The summed E-state index contributed by atoms with van der Waals surface area (Å²) in [5.41, 5.74) is 2.02. The number of methoxy groups -OCH3 is 1. The second kappa shape index (κ2) is 3.45. The van der Waals surface area contributed by atoms with Crippen LogP contribution in [0.25, 0.3) is 11.0 Å². The molecule has 0 saturated heterocycles. The fourth-order valence-corrected chi connectivity index (χ4v) is 1.75. The predicted octanol–water partition coefficient (Wildman–Crippen LogP) is 2.13. The van der Waals surface area contributed by atoms with E-state index in [0.717, 1.165) is 5.69 Å². The van der Waals surface area contributed by atoms with E-state index in [0.29, 0.717) is 16.9 Å². The van der Waals surface area contributed by atoms with E-state index in [1.165, 1.54) is 17.4 Å². The number of halogens is 1. The molecule has 6 heteroatoms. The Labute approximate surface area is 84.5 Å². The van der Waals surface area contributed by atoms with Gasteiger partial charge < -0.3 is 4.74 Å². The molecule has 0 amide bonds. The molecule has 0 N–H and O–H groups in total. The summed E-state index contributed by atoms with van der Waals surface area (Å²) in [6, 6.07) is 1.78. The highest BCUT2D eigenvalue weighted by Crippen LogP contribution is 2.28. The summed E-state index contributed by atoms with van der Waals surface area (Å²) < 4.78 is 19.1. The van der Waals surface area contributed by atoms with Gasteiger partial charge in [-0.25, -0.2) is 4.98 Å². The molecule has 0 spiro atoms. The maximum Gasteiger partial charge on any atom is 0.242 e. The summed E-state index contributed by atoms with van der Waals surface area (Å²) >= 11 is 0.118. The van der Waals surface area contributed by atoms with Crippen LogP contribution in [0.3, 0.4) is 0 Å². The monoisotopic (exact) mass is 213 g/mol. The van der Waals surface area contributed by atoms with Gasteiger partial charge in [0.05, 0.1) is 12.6 Å². The molecular formula is C8H8FN3OS. The van der Waals surface area contributed by atoms with Crippen LogP contribution in [0.4, 0.5) is 3.89 Å². The summed E-state index contributed by atoms with van der Waals surface area (Å²) in [5, 5.41) is 0. The first-order chi connectivity index (χ1) is 6.77. The minimum absolute atomic E-state index is 0.118. The number of rotatable bonds is 2. The van der Waals surface area contributed by atoms with Gasteiger partial charge in [-0.2, -0.15) is 4.98 Å². The van der Waals surface area contributed by atoms with Crippen molar-refractivity contribution in [2.45, 2.75) is 6.92 Å². The van der Waals surface area contributed by atoms with E-state index < -0.39 is 0 Å². The number of hydrogen-bond donors (Lipinski definition) is 0. The first-order valence-electron chi connectivity index (χ1n) is 3.94. The lowest BCUT2D eigenvalue weighted by Gasteiger charge is -2.02. The Balaban J connectivity index is 2.82. The highest BCUT2D eigenvalue weighted by molar-refractivity contribution is 7.93. The molecule has 4 nitrogen and oxygen atoms in total. The van der Waals surface area contributed by atoms with E-state index in [1.807, 2.05) is 0 Å². The third-order valence-electron chi connectivity index (χ3n) is 1.95. The molecular weight excluding hydrogens is 205 g/mol. The molecule has 0 aromatic carbocycles. The zero-order chi connectivity index (χ0) is 10.1. The maximum atomic E-state index is 12.6. The smallest absolute Gasteiger partial charge is 0.242 e. The van der Waals surface area contributed by atoms with Gasteiger partial charge in [-0.3, -0.25) is 3.97 Å². The van der Waals surface area contributed by atoms with E-state index in [4.69, 9.17) is 4.74 Å². The first-order valence-corrected chi connectivity index (χ1v) is 4.61. The number of aryl methyl sites for hydroxylation is 1. The average molecular weight is 213 g/mol. The number of fused-ring (bicyclic) bond motifs is 1. The Morgan fingerprint density at radius 3 is 2.93 bits per heavy atom. The summed E-state index contributed by atoms with van der Waals surface area (Å²) in [5.74, 6) is 0.383. The quantitative estimate of drug-likeness (QED) is 0.766. The highest BCUT2D eigenvalue weighted by atomic mass is 32.2. The lowest BCUT2D eigenvalue weighted by Crippen LogP contribution is -1.93. The van der Waals surface area contributed by atoms with Gasteiger partial charge in [-0.1, -0.05) is 0 Å². The van der Waals surface area contributed by atoms with Crippen LogP contribution in [0.2, 0.25) is 0 Å². The minimum Gasteiger partial charge on any atom is -0.479 e. The van der Waals surface area contributed by atoms with Gasteiger partial charge in [0.1, 0.15) is 11.8 Å². The van der Waals surface area contributed by atoms with E-state index in [-0.39, 0.29) is 12.3 Å². The van der Waals surface area contributed by atoms with Crippen LogP contribution < -0.4 is 4.74 Å². The molecule has 0 aliphatic heterocycles. The molecule has 0 saturated carbocycles. The third kappa shape index (κ3) is 1.22. The molecule has 2 heterocycles. The molecule has 0 atom stereocenters. The van der Waals surface area contributed by atoms with Gasteiger partial charge in [0.15, 0.2) is 12.3 Å². The largest absolute Gasteiger partial charge is 0.479 e. The molecule has 74 valence electrons. The van der Waals surface area contributed by atoms with Crippen LogP contribution in [0, 0.1) is 6.92 Å². The Morgan fingerprint density at radius 2 is 2.29 bits per heavy atom. The Morgan fingerprint density at radius 1 is 1.50 bits per heavy atom. The van der Waals surface area contributed by atoms with Crippen molar-refractivity contribution in [2.24, 2.45) is 0 Å². The van der Waals surface area contributed by atoms with E-state index >= 15 is 0 Å². The lowest BCUT2D eigenvalue weighted by molar-refractivity contribution is 0.401. The molecule has 0 aliphatic carbocycles. The van der Waals surface area contributed by atoms with Gasteiger partial charge in [-0.05, 0) is 13.0 Å². The highest BCUT2D eigenvalue weighted by Gasteiger charge is 2.13. The molecule has 2 aromatic rings. The zero-order valence-electron chi connectivity index (χ0n) is 7.69. The second-order valence-electron chi connectivity index (χ2n) is 2.77. The van der Waals surface area contributed by atoms with Gasteiger partial charge in [-0.15, -0.1) is 3.89 Å². The van der Waals surface area contributed by atoms with E-state index in [9.17, 15) is 3.89 Å². The molecule has 2 aromatic heterocycles. The van der Waals surface area contributed by atoms with Gasteiger partial charge >= 0.3 is 0 Å². The van der Waals surface area contributed by atoms with Crippen molar-refractivity contribution >= 4 is 23.4 Å². The SMILES string of the molecule is COc1ncnc2cc(C)n(SF)c12. The third-order valence-corrected chi connectivity index (χ3v) is 2.56. The van der Waals surface area contributed by atoms with Crippen molar-refractivity contribution < 1.29 is 8.62 Å². The van der Waals surface area contributed by atoms with Crippen LogP contribution in [0.15, 0.2) is 12.4 Å². The number of hydrogen-bond acceptors (Lipinski definition) is 4. The standard InChI is InChI=1S/C8H8FN3OS/c1-5-3-6-7(12(5)14-9)8(13-2)11-4-10-6/h3-4H,1-2H3. The summed E-state index contributed by atoms with van der Waals surface area (Å²) in [7, 11) is 1.50. The fourth-order valence-electron chi connectivity index (χ4n) is 1.34.